The number of carboxylic acids is 1. The van der Waals surface area contributed by atoms with Crippen LogP contribution >= 0.6 is 0 Å². The van der Waals surface area contributed by atoms with Crippen molar-refractivity contribution in [2.75, 3.05) is 0 Å². The monoisotopic (exact) mass is 166 g/mol. The number of nitrogens with zero attached hydrogens (tertiary/aromatic N) is 1. The van der Waals surface area contributed by atoms with Crippen molar-refractivity contribution in [2.24, 2.45) is 5.92 Å². The second kappa shape index (κ2) is 2.33. The summed E-state index contributed by atoms with van der Waals surface area (Å²) < 4.78 is 0. The lowest BCUT2D eigenvalue weighted by atomic mass is 10.1. The van der Waals surface area contributed by atoms with E-state index >= 15 is 0 Å². The number of hydrogen-bond acceptors (Lipinski definition) is 2. The van der Waals surface area contributed by atoms with Crippen molar-refractivity contribution in [3.05, 3.63) is 17.2 Å². The number of fused-ring (bicyclic) bond motifs is 1. The summed E-state index contributed by atoms with van der Waals surface area (Å²) in [5, 5.41) is 8.73. The second-order valence-electron chi connectivity index (χ2n) is 3.19. The normalized spacial score (nSPS) is 16.4. The van der Waals surface area contributed by atoms with E-state index in [9.17, 15) is 4.79 Å². The fourth-order valence-corrected chi connectivity index (χ4v) is 1.65. The van der Waals surface area contributed by atoms with E-state index in [4.69, 9.17) is 5.11 Å². The third kappa shape index (κ3) is 0.995. The van der Waals surface area contributed by atoms with Gasteiger partial charge in [0.25, 0.3) is 0 Å². The fourth-order valence-electron chi connectivity index (χ4n) is 1.65. The molecule has 0 radical (unpaired) electrons. The first-order valence-corrected chi connectivity index (χ1v) is 3.94. The average molecular weight is 166 g/mol. The number of rotatable bonds is 1. The number of aryl methyl sites for hydroxylation is 1. The van der Waals surface area contributed by atoms with Crippen LogP contribution in [0.1, 0.15) is 17.2 Å². The zero-order chi connectivity index (χ0) is 8.72. The van der Waals surface area contributed by atoms with E-state index < -0.39 is 5.97 Å². The van der Waals surface area contributed by atoms with Gasteiger partial charge in [0, 0.05) is 18.5 Å². The Morgan fingerprint density at radius 1 is 1.67 bits per heavy atom. The Hall–Kier alpha value is -1.32. The van der Waals surface area contributed by atoms with Gasteiger partial charge in [0.15, 0.2) is 0 Å². The van der Waals surface area contributed by atoms with Gasteiger partial charge in [-0.25, -0.2) is 4.98 Å². The smallest absolute Gasteiger partial charge is 0.307 e. The van der Waals surface area contributed by atoms with Gasteiger partial charge in [0.1, 0.15) is 5.82 Å². The minimum absolute atomic E-state index is 0.264. The largest absolute Gasteiger partial charge is 0.481 e. The van der Waals surface area contributed by atoms with Gasteiger partial charge in [0.05, 0.1) is 11.6 Å². The first kappa shape index (κ1) is 7.34. The van der Waals surface area contributed by atoms with Crippen LogP contribution in [0, 0.1) is 12.8 Å². The van der Waals surface area contributed by atoms with Gasteiger partial charge >= 0.3 is 5.97 Å². The zero-order valence-corrected chi connectivity index (χ0v) is 6.79. The summed E-state index contributed by atoms with van der Waals surface area (Å²) in [4.78, 5) is 17.9. The summed E-state index contributed by atoms with van der Waals surface area (Å²) in [7, 11) is 0. The van der Waals surface area contributed by atoms with E-state index in [2.05, 4.69) is 9.97 Å². The molecule has 1 heterocycles. The highest BCUT2D eigenvalue weighted by Crippen LogP contribution is 2.24. The maximum Gasteiger partial charge on any atom is 0.307 e. The number of aromatic nitrogens is 2. The number of carboxylic acid groups (broad SMARTS) is 1. The van der Waals surface area contributed by atoms with Gasteiger partial charge in [-0.1, -0.05) is 0 Å². The van der Waals surface area contributed by atoms with E-state index in [1.807, 2.05) is 6.92 Å². The molecule has 0 aromatic carbocycles. The Balaban J connectivity index is 2.24. The molecule has 1 aromatic rings. The maximum absolute atomic E-state index is 10.6. The molecule has 64 valence electrons. The van der Waals surface area contributed by atoms with Gasteiger partial charge in [-0.05, 0) is 6.92 Å². The molecule has 0 saturated carbocycles. The van der Waals surface area contributed by atoms with Crippen LogP contribution in [-0.4, -0.2) is 21.0 Å². The molecule has 0 aliphatic heterocycles. The highest BCUT2D eigenvalue weighted by atomic mass is 16.4. The standard InChI is InChI=1S/C8H10N2O2/c1-4-9-6-2-5(8(11)12)3-7(6)10-4/h5H,2-3H2,1H3,(H,9,10)(H,11,12). The topological polar surface area (TPSA) is 66.0 Å². The zero-order valence-electron chi connectivity index (χ0n) is 6.79. The van der Waals surface area contributed by atoms with Crippen LogP contribution in [-0.2, 0) is 17.6 Å². The highest BCUT2D eigenvalue weighted by Gasteiger charge is 2.29. The first-order chi connectivity index (χ1) is 5.66. The number of imidazole rings is 1. The Bertz CT molecular complexity index is 306. The van der Waals surface area contributed by atoms with Crippen molar-refractivity contribution in [3.63, 3.8) is 0 Å². The van der Waals surface area contributed by atoms with E-state index in [0.717, 1.165) is 17.2 Å². The highest BCUT2D eigenvalue weighted by molar-refractivity contribution is 5.71. The third-order valence-corrected chi connectivity index (χ3v) is 2.22. The lowest BCUT2D eigenvalue weighted by Crippen LogP contribution is -2.13. The molecule has 1 aliphatic rings. The minimum Gasteiger partial charge on any atom is -0.481 e. The molecule has 0 saturated heterocycles. The molecule has 2 N–H and O–H groups in total. The number of aromatic amines is 1. The summed E-state index contributed by atoms with van der Waals surface area (Å²) in [6.45, 7) is 1.88. The van der Waals surface area contributed by atoms with Crippen LogP contribution in [0.25, 0.3) is 0 Å². The quantitative estimate of drug-likeness (QED) is 0.639. The number of H-pyrrole nitrogens is 1. The molecular weight excluding hydrogens is 156 g/mol. The summed E-state index contributed by atoms with van der Waals surface area (Å²) in [5.41, 5.74) is 1.93. The van der Waals surface area contributed by atoms with Crippen LogP contribution in [0.15, 0.2) is 0 Å². The van der Waals surface area contributed by atoms with Crippen molar-refractivity contribution in [1.82, 2.24) is 9.97 Å². The van der Waals surface area contributed by atoms with Crippen LogP contribution < -0.4 is 0 Å². The van der Waals surface area contributed by atoms with E-state index in [0.29, 0.717) is 12.8 Å². The van der Waals surface area contributed by atoms with Crippen molar-refractivity contribution in [2.45, 2.75) is 19.8 Å². The van der Waals surface area contributed by atoms with Crippen LogP contribution in [0.5, 0.6) is 0 Å². The molecule has 12 heavy (non-hydrogen) atoms. The fraction of sp³-hybridized carbons (Fsp3) is 0.500. The van der Waals surface area contributed by atoms with E-state index in [1.165, 1.54) is 0 Å². The molecule has 0 spiro atoms. The Morgan fingerprint density at radius 2 is 2.42 bits per heavy atom. The van der Waals surface area contributed by atoms with Gasteiger partial charge < -0.3 is 10.1 Å². The molecule has 0 bridgehead atoms. The molecular formula is C8H10N2O2. The number of aliphatic carboxylic acids is 1. The van der Waals surface area contributed by atoms with Gasteiger partial charge in [-0.3, -0.25) is 4.79 Å². The molecule has 4 nitrogen and oxygen atoms in total. The third-order valence-electron chi connectivity index (χ3n) is 2.22. The second-order valence-corrected chi connectivity index (χ2v) is 3.19. The summed E-state index contributed by atoms with van der Waals surface area (Å²) >= 11 is 0. The molecule has 2 rings (SSSR count). The van der Waals surface area contributed by atoms with Crippen molar-refractivity contribution >= 4 is 5.97 Å². The molecule has 0 amide bonds. The predicted molar refractivity (Wildman–Crippen MR) is 41.9 cm³/mol. The molecule has 0 fully saturated rings. The Morgan fingerprint density at radius 3 is 3.00 bits per heavy atom. The maximum atomic E-state index is 10.6. The summed E-state index contributed by atoms with van der Waals surface area (Å²) in [6.07, 6.45) is 1.18. The predicted octanol–water partition coefficient (Wildman–Crippen LogP) is 0.518. The molecule has 4 heteroatoms. The SMILES string of the molecule is Cc1nc2c([nH]1)CC(C(=O)O)C2. The van der Waals surface area contributed by atoms with Crippen LogP contribution in [0.2, 0.25) is 0 Å². The summed E-state index contributed by atoms with van der Waals surface area (Å²) in [6, 6.07) is 0. The molecule has 1 unspecified atom stereocenters. The number of hydrogen-bond donors (Lipinski definition) is 2. The van der Waals surface area contributed by atoms with Crippen molar-refractivity contribution < 1.29 is 9.90 Å². The van der Waals surface area contributed by atoms with Crippen molar-refractivity contribution in [3.8, 4) is 0 Å². The molecule has 1 atom stereocenters. The molecule has 1 aromatic heterocycles. The Kier molecular flexibility index (Phi) is 1.43. The lowest BCUT2D eigenvalue weighted by Gasteiger charge is -1.99. The van der Waals surface area contributed by atoms with Crippen LogP contribution in [0.4, 0.5) is 0 Å². The van der Waals surface area contributed by atoms with Gasteiger partial charge in [0.2, 0.25) is 0 Å². The van der Waals surface area contributed by atoms with E-state index in [1.54, 1.807) is 0 Å². The average Bonchev–Trinajstić information content (AvgIpc) is 2.42. The summed E-state index contributed by atoms with van der Waals surface area (Å²) in [5.74, 6) is -0.109. The lowest BCUT2D eigenvalue weighted by molar-refractivity contribution is -0.141. The van der Waals surface area contributed by atoms with Gasteiger partial charge in [-0.15, -0.1) is 0 Å². The first-order valence-electron chi connectivity index (χ1n) is 3.94. The van der Waals surface area contributed by atoms with Crippen molar-refractivity contribution in [1.29, 1.82) is 0 Å². The van der Waals surface area contributed by atoms with Crippen LogP contribution in [0.3, 0.4) is 0 Å². The number of nitrogens with one attached hydrogen (secondary N) is 1. The van der Waals surface area contributed by atoms with E-state index in [-0.39, 0.29) is 5.92 Å². The Labute approximate surface area is 69.6 Å². The minimum atomic E-state index is -0.723. The molecule has 1 aliphatic carbocycles. The number of carbonyl (C=O) groups is 1. The van der Waals surface area contributed by atoms with Gasteiger partial charge in [-0.2, -0.15) is 0 Å².